The van der Waals surface area contributed by atoms with E-state index in [-0.39, 0.29) is 11.9 Å². The van der Waals surface area contributed by atoms with Crippen LogP contribution in [0.1, 0.15) is 58.2 Å². The molecule has 0 atom stereocenters. The molecule has 0 unspecified atom stereocenters. The lowest BCUT2D eigenvalue weighted by molar-refractivity contribution is -0.132. The maximum atomic E-state index is 11.7. The highest BCUT2D eigenvalue weighted by atomic mass is 16.5. The quantitative estimate of drug-likeness (QED) is 0.221. The average Bonchev–Trinajstić information content (AvgIpc) is 3.15. The van der Waals surface area contributed by atoms with Crippen LogP contribution in [-0.2, 0) is 29.0 Å². The monoisotopic (exact) mass is 474 g/mol. The third kappa shape index (κ3) is 5.16. The number of carbonyl (C=O) groups excluding carboxylic acids is 2. The molecule has 0 bridgehead atoms. The fraction of sp³-hybridized carbons (Fsp3) is 0.310. The van der Waals surface area contributed by atoms with Gasteiger partial charge in [-0.2, -0.15) is 0 Å². The Balaban J connectivity index is 1.91. The summed E-state index contributed by atoms with van der Waals surface area (Å²) >= 11 is 0. The van der Waals surface area contributed by atoms with Crippen molar-refractivity contribution in [1.29, 1.82) is 0 Å². The second kappa shape index (κ2) is 9.82. The Morgan fingerprint density at radius 1 is 0.886 bits per heavy atom. The third-order valence-corrected chi connectivity index (χ3v) is 5.75. The van der Waals surface area contributed by atoms with Crippen LogP contribution in [0.5, 0.6) is 17.2 Å². The number of allylic oxidation sites excluding steroid dienone is 4. The van der Waals surface area contributed by atoms with Gasteiger partial charge in [-0.1, -0.05) is 23.3 Å². The molecule has 0 amide bonds. The van der Waals surface area contributed by atoms with Gasteiger partial charge in [-0.15, -0.1) is 0 Å². The third-order valence-electron chi connectivity index (χ3n) is 5.75. The van der Waals surface area contributed by atoms with Crippen molar-refractivity contribution in [3.63, 3.8) is 0 Å². The number of furan rings is 1. The molecule has 4 rings (SSSR count). The number of benzene rings is 2. The largest absolute Gasteiger partial charge is 0.488 e. The number of ether oxygens (including phenoxy) is 3. The Morgan fingerprint density at radius 3 is 2.20 bits per heavy atom. The van der Waals surface area contributed by atoms with Gasteiger partial charge in [0, 0.05) is 36.4 Å². The summed E-state index contributed by atoms with van der Waals surface area (Å²) in [6, 6.07) is 7.45. The molecule has 0 aliphatic carbocycles. The van der Waals surface area contributed by atoms with E-state index in [4.69, 9.17) is 18.6 Å². The molecular weight excluding hydrogens is 444 g/mol. The molecule has 1 aliphatic heterocycles. The summed E-state index contributed by atoms with van der Waals surface area (Å²) in [4.78, 5) is 23.4. The first-order valence-corrected chi connectivity index (χ1v) is 11.6. The van der Waals surface area contributed by atoms with E-state index in [1.807, 2.05) is 45.9 Å². The Labute approximate surface area is 205 Å². The van der Waals surface area contributed by atoms with Gasteiger partial charge in [0.25, 0.3) is 0 Å². The molecule has 6 heteroatoms. The minimum absolute atomic E-state index is 0.317. The van der Waals surface area contributed by atoms with Crippen LogP contribution in [0.25, 0.3) is 22.3 Å². The predicted molar refractivity (Wildman–Crippen MR) is 135 cm³/mol. The lowest BCUT2D eigenvalue weighted by Crippen LogP contribution is -2.08. The standard InChI is InChI=1S/C29H30O6/c1-16(2)7-9-20-13-23-27(14-26(20)34-19(6)31)32-15-24-21-11-12-25(33-18(5)30)22(10-8-17(3)4)28(21)35-29(23)24/h7-8,11-14H,9-10,15H2,1-6H3. The van der Waals surface area contributed by atoms with E-state index in [0.717, 1.165) is 33.2 Å². The molecule has 3 aromatic rings. The Hall–Kier alpha value is -3.80. The molecule has 35 heavy (non-hydrogen) atoms. The minimum Gasteiger partial charge on any atom is -0.488 e. The summed E-state index contributed by atoms with van der Waals surface area (Å²) in [5.74, 6) is 1.52. The molecule has 6 nitrogen and oxygen atoms in total. The molecule has 0 radical (unpaired) electrons. The predicted octanol–water partition coefficient (Wildman–Crippen LogP) is 6.86. The first kappa shape index (κ1) is 24.3. The maximum Gasteiger partial charge on any atom is 0.308 e. The smallest absolute Gasteiger partial charge is 0.308 e. The molecule has 1 aliphatic rings. The first-order valence-electron chi connectivity index (χ1n) is 11.6. The summed E-state index contributed by atoms with van der Waals surface area (Å²) in [5, 5.41) is 0.925. The molecule has 0 fully saturated rings. The highest BCUT2D eigenvalue weighted by Crippen LogP contribution is 2.47. The normalized spacial score (nSPS) is 11.7. The SMILES string of the molecule is CC(=O)Oc1cc2c(cc1CC=C(C)C)-c1oc3c(CC=C(C)C)c(OC(C)=O)ccc3c1CO2. The molecular formula is C29H30O6. The second-order valence-electron chi connectivity index (χ2n) is 9.23. The maximum absolute atomic E-state index is 11.7. The lowest BCUT2D eigenvalue weighted by Gasteiger charge is -2.19. The number of fused-ring (bicyclic) bond motifs is 5. The molecule has 2 heterocycles. The van der Waals surface area contributed by atoms with Crippen molar-refractivity contribution in [3.05, 3.63) is 64.3 Å². The Kier molecular flexibility index (Phi) is 6.83. The zero-order valence-corrected chi connectivity index (χ0v) is 21.0. The van der Waals surface area contributed by atoms with Gasteiger partial charge in [0.15, 0.2) is 0 Å². The number of rotatable bonds is 6. The first-order chi connectivity index (χ1) is 16.6. The highest BCUT2D eigenvalue weighted by Gasteiger charge is 2.28. The molecule has 1 aromatic heterocycles. The summed E-state index contributed by atoms with van der Waals surface area (Å²) in [6.45, 7) is 11.2. The van der Waals surface area contributed by atoms with Crippen molar-refractivity contribution in [3.8, 4) is 28.6 Å². The van der Waals surface area contributed by atoms with Crippen LogP contribution < -0.4 is 14.2 Å². The second-order valence-corrected chi connectivity index (χ2v) is 9.23. The van der Waals surface area contributed by atoms with Gasteiger partial charge in [0.05, 0.1) is 5.56 Å². The summed E-state index contributed by atoms with van der Waals surface area (Å²) < 4.78 is 23.6. The lowest BCUT2D eigenvalue weighted by atomic mass is 9.97. The topological polar surface area (TPSA) is 75.0 Å². The summed E-state index contributed by atoms with van der Waals surface area (Å²) in [6.07, 6.45) is 5.34. The Bertz CT molecular complexity index is 1380. The summed E-state index contributed by atoms with van der Waals surface area (Å²) in [5.41, 5.74) is 6.42. The van der Waals surface area contributed by atoms with E-state index in [1.54, 1.807) is 6.07 Å². The fourth-order valence-electron chi connectivity index (χ4n) is 4.14. The van der Waals surface area contributed by atoms with Crippen LogP contribution in [-0.4, -0.2) is 11.9 Å². The van der Waals surface area contributed by atoms with E-state index in [0.29, 0.717) is 48.0 Å². The van der Waals surface area contributed by atoms with Gasteiger partial charge >= 0.3 is 11.9 Å². The van der Waals surface area contributed by atoms with Crippen LogP contribution in [0.3, 0.4) is 0 Å². The van der Waals surface area contributed by atoms with Crippen molar-refractivity contribution in [1.82, 2.24) is 0 Å². The van der Waals surface area contributed by atoms with Crippen molar-refractivity contribution in [2.45, 2.75) is 61.0 Å². The molecule has 0 N–H and O–H groups in total. The van der Waals surface area contributed by atoms with Gasteiger partial charge < -0.3 is 18.6 Å². The van der Waals surface area contributed by atoms with E-state index >= 15 is 0 Å². The van der Waals surface area contributed by atoms with Crippen LogP contribution in [0.2, 0.25) is 0 Å². The summed E-state index contributed by atoms with van der Waals surface area (Å²) in [7, 11) is 0. The number of esters is 2. The van der Waals surface area contributed by atoms with Crippen molar-refractivity contribution in [2.75, 3.05) is 0 Å². The fourth-order valence-corrected chi connectivity index (χ4v) is 4.14. The number of hydrogen-bond acceptors (Lipinski definition) is 6. The molecule has 182 valence electrons. The van der Waals surface area contributed by atoms with Crippen molar-refractivity contribution >= 4 is 22.9 Å². The van der Waals surface area contributed by atoms with Crippen LogP contribution in [0.15, 0.2) is 52.0 Å². The van der Waals surface area contributed by atoms with Gasteiger partial charge in [-0.25, -0.2) is 0 Å². The molecule has 0 spiro atoms. The van der Waals surface area contributed by atoms with E-state index in [2.05, 4.69) is 12.2 Å². The van der Waals surface area contributed by atoms with Crippen LogP contribution in [0.4, 0.5) is 0 Å². The Morgan fingerprint density at radius 2 is 1.54 bits per heavy atom. The van der Waals surface area contributed by atoms with Crippen molar-refractivity contribution < 1.29 is 28.2 Å². The van der Waals surface area contributed by atoms with E-state index < -0.39 is 0 Å². The van der Waals surface area contributed by atoms with Gasteiger partial charge in [0.1, 0.15) is 35.2 Å². The minimum atomic E-state index is -0.384. The zero-order chi connectivity index (χ0) is 25.3. The molecule has 2 aromatic carbocycles. The zero-order valence-electron chi connectivity index (χ0n) is 21.0. The average molecular weight is 475 g/mol. The van der Waals surface area contributed by atoms with Crippen LogP contribution >= 0.6 is 0 Å². The number of hydrogen-bond donors (Lipinski definition) is 0. The van der Waals surface area contributed by atoms with Gasteiger partial charge in [0.2, 0.25) is 0 Å². The number of carbonyl (C=O) groups is 2. The van der Waals surface area contributed by atoms with Gasteiger partial charge in [-0.3, -0.25) is 9.59 Å². The molecule has 0 saturated carbocycles. The van der Waals surface area contributed by atoms with Crippen LogP contribution in [0, 0.1) is 0 Å². The van der Waals surface area contributed by atoms with Gasteiger partial charge in [-0.05, 0) is 64.3 Å². The molecule has 0 saturated heterocycles. The van der Waals surface area contributed by atoms with E-state index in [9.17, 15) is 9.59 Å². The highest BCUT2D eigenvalue weighted by molar-refractivity contribution is 5.94. The van der Waals surface area contributed by atoms with E-state index in [1.165, 1.54) is 19.4 Å². The van der Waals surface area contributed by atoms with Crippen molar-refractivity contribution in [2.24, 2.45) is 0 Å².